The minimum atomic E-state index is -0.0381. The molecule has 5 rings (SSSR count). The molecular weight excluding hydrogens is 402 g/mol. The second-order valence-electron chi connectivity index (χ2n) is 9.71. The molecule has 0 fully saturated rings. The Bertz CT molecular complexity index is 1400. The van der Waals surface area contributed by atoms with Crippen LogP contribution >= 0.6 is 0 Å². The van der Waals surface area contributed by atoms with E-state index in [1.165, 1.54) is 27.8 Å². The van der Waals surface area contributed by atoms with E-state index in [0.717, 1.165) is 33.5 Å². The summed E-state index contributed by atoms with van der Waals surface area (Å²) in [5.74, 6) is 0.235. The molecule has 0 heterocycles. The number of hydrogen-bond acceptors (Lipinski definition) is 2. The van der Waals surface area contributed by atoms with Gasteiger partial charge in [-0.15, -0.1) is 0 Å². The maximum Gasteiger partial charge on any atom is 0.124 e. The van der Waals surface area contributed by atoms with Crippen LogP contribution in [-0.2, 0) is 5.41 Å². The fourth-order valence-electron chi connectivity index (χ4n) is 5.23. The molecule has 33 heavy (non-hydrogen) atoms. The predicted octanol–water partition coefficient (Wildman–Crippen LogP) is 8.04. The van der Waals surface area contributed by atoms with Crippen LogP contribution in [0.4, 0.5) is 5.69 Å². The summed E-state index contributed by atoms with van der Waals surface area (Å²) in [6.45, 7) is 10.8. The van der Waals surface area contributed by atoms with Crippen LogP contribution in [0.15, 0.2) is 77.8 Å². The topological polar surface area (TPSA) is 32.6 Å². The van der Waals surface area contributed by atoms with E-state index in [4.69, 9.17) is 4.99 Å². The molecule has 1 aliphatic carbocycles. The molecule has 0 aromatic heterocycles. The third-order valence-electron chi connectivity index (χ3n) is 6.91. The summed E-state index contributed by atoms with van der Waals surface area (Å²) in [7, 11) is 0. The zero-order chi connectivity index (χ0) is 23.3. The fourth-order valence-corrected chi connectivity index (χ4v) is 5.23. The van der Waals surface area contributed by atoms with E-state index in [-0.39, 0.29) is 11.2 Å². The van der Waals surface area contributed by atoms with Crippen molar-refractivity contribution in [1.29, 1.82) is 0 Å². The van der Waals surface area contributed by atoms with Gasteiger partial charge < -0.3 is 5.11 Å². The Morgan fingerprint density at radius 3 is 2.12 bits per heavy atom. The first-order chi connectivity index (χ1) is 15.8. The van der Waals surface area contributed by atoms with E-state index in [1.807, 2.05) is 12.1 Å². The molecule has 2 nitrogen and oxygen atoms in total. The summed E-state index contributed by atoms with van der Waals surface area (Å²) in [6, 6.07) is 25.4. The summed E-state index contributed by atoms with van der Waals surface area (Å²) in [5, 5.41) is 10.5. The van der Waals surface area contributed by atoms with E-state index in [9.17, 15) is 5.11 Å². The number of phenols is 1. The molecule has 0 saturated heterocycles. The highest BCUT2D eigenvalue weighted by molar-refractivity contribution is 5.89. The van der Waals surface area contributed by atoms with Gasteiger partial charge in [-0.1, -0.05) is 74.0 Å². The number of benzene rings is 4. The largest absolute Gasteiger partial charge is 0.507 e. The predicted molar refractivity (Wildman–Crippen MR) is 139 cm³/mol. The van der Waals surface area contributed by atoms with Crippen molar-refractivity contribution >= 4 is 11.9 Å². The summed E-state index contributed by atoms with van der Waals surface area (Å²) >= 11 is 0. The molecule has 0 spiro atoms. The van der Waals surface area contributed by atoms with E-state index in [2.05, 4.69) is 89.2 Å². The molecule has 164 valence electrons. The SMILES string of the molecule is Cc1cc(C)c(N=Cc2cc(-c3ccc4c(c3)C(C)(C)c3ccccc3-4)ccc2O)c(C)c1. The van der Waals surface area contributed by atoms with Crippen LogP contribution in [0.1, 0.15) is 47.2 Å². The smallest absolute Gasteiger partial charge is 0.124 e. The normalized spacial score (nSPS) is 13.8. The third kappa shape index (κ3) is 3.56. The van der Waals surface area contributed by atoms with Gasteiger partial charge in [0.1, 0.15) is 5.75 Å². The highest BCUT2D eigenvalue weighted by Gasteiger charge is 2.35. The lowest BCUT2D eigenvalue weighted by atomic mass is 9.81. The Balaban J connectivity index is 1.54. The van der Waals surface area contributed by atoms with Crippen LogP contribution in [0.25, 0.3) is 22.3 Å². The van der Waals surface area contributed by atoms with Crippen molar-refractivity contribution in [2.75, 3.05) is 0 Å². The van der Waals surface area contributed by atoms with Gasteiger partial charge in [-0.3, -0.25) is 4.99 Å². The average Bonchev–Trinajstić information content (AvgIpc) is 3.01. The molecular formula is C31H29NO. The molecule has 2 heteroatoms. The summed E-state index contributed by atoms with van der Waals surface area (Å²) in [4.78, 5) is 4.74. The van der Waals surface area contributed by atoms with Crippen molar-refractivity contribution in [3.63, 3.8) is 0 Å². The molecule has 0 amide bonds. The first kappa shape index (κ1) is 21.2. The summed E-state index contributed by atoms with van der Waals surface area (Å²) in [6.07, 6.45) is 1.77. The first-order valence-electron chi connectivity index (χ1n) is 11.5. The first-order valence-corrected chi connectivity index (χ1v) is 11.5. The Hall–Kier alpha value is -3.65. The highest BCUT2D eigenvalue weighted by atomic mass is 16.3. The molecule has 0 bridgehead atoms. The fraction of sp³-hybridized carbons (Fsp3) is 0.194. The van der Waals surface area contributed by atoms with Crippen molar-refractivity contribution in [1.82, 2.24) is 0 Å². The lowest BCUT2D eigenvalue weighted by Crippen LogP contribution is -2.14. The molecule has 0 atom stereocenters. The van der Waals surface area contributed by atoms with Crippen LogP contribution < -0.4 is 0 Å². The van der Waals surface area contributed by atoms with E-state index < -0.39 is 0 Å². The monoisotopic (exact) mass is 431 g/mol. The maximum atomic E-state index is 10.5. The van der Waals surface area contributed by atoms with E-state index in [0.29, 0.717) is 0 Å². The van der Waals surface area contributed by atoms with Gasteiger partial charge in [0.2, 0.25) is 0 Å². The Morgan fingerprint density at radius 1 is 0.727 bits per heavy atom. The lowest BCUT2D eigenvalue weighted by Gasteiger charge is -2.22. The van der Waals surface area contributed by atoms with Crippen LogP contribution in [0.2, 0.25) is 0 Å². The quantitative estimate of drug-likeness (QED) is 0.327. The molecule has 0 unspecified atom stereocenters. The number of hydrogen-bond donors (Lipinski definition) is 1. The minimum absolute atomic E-state index is 0.0381. The minimum Gasteiger partial charge on any atom is -0.507 e. The van der Waals surface area contributed by atoms with E-state index in [1.54, 1.807) is 12.3 Å². The van der Waals surface area contributed by atoms with Crippen LogP contribution in [0, 0.1) is 20.8 Å². The number of aryl methyl sites for hydroxylation is 3. The molecule has 0 aliphatic heterocycles. The Morgan fingerprint density at radius 2 is 1.36 bits per heavy atom. The summed E-state index contributed by atoms with van der Waals surface area (Å²) < 4.78 is 0. The van der Waals surface area contributed by atoms with Crippen LogP contribution in [-0.4, -0.2) is 11.3 Å². The lowest BCUT2D eigenvalue weighted by molar-refractivity contribution is 0.474. The van der Waals surface area contributed by atoms with Gasteiger partial charge in [0, 0.05) is 17.2 Å². The standard InChI is InChI=1S/C31H29NO/c1-19-14-20(2)30(21(3)15-19)32-18-24-16-22(11-13-29(24)33)23-10-12-26-25-8-6-7-9-27(25)31(4,5)28(26)17-23/h6-18,33H,1-5H3. The van der Waals surface area contributed by atoms with Crippen LogP contribution in [0.3, 0.4) is 0 Å². The van der Waals surface area contributed by atoms with Crippen molar-refractivity contribution in [3.8, 4) is 28.0 Å². The van der Waals surface area contributed by atoms with Crippen LogP contribution in [0.5, 0.6) is 5.75 Å². The van der Waals surface area contributed by atoms with Gasteiger partial charge >= 0.3 is 0 Å². The molecule has 1 N–H and O–H groups in total. The van der Waals surface area contributed by atoms with Crippen molar-refractivity contribution in [2.24, 2.45) is 4.99 Å². The summed E-state index contributed by atoms with van der Waals surface area (Å²) in [5.41, 5.74) is 12.7. The molecule has 4 aromatic carbocycles. The molecule has 4 aromatic rings. The third-order valence-corrected chi connectivity index (χ3v) is 6.91. The number of phenolic OH excluding ortho intramolecular Hbond substituents is 1. The number of fused-ring (bicyclic) bond motifs is 3. The maximum absolute atomic E-state index is 10.5. The van der Waals surface area contributed by atoms with Gasteiger partial charge in [-0.25, -0.2) is 0 Å². The number of nitrogens with zero attached hydrogens (tertiary/aromatic N) is 1. The highest BCUT2D eigenvalue weighted by Crippen LogP contribution is 2.49. The van der Waals surface area contributed by atoms with Gasteiger partial charge in [0.15, 0.2) is 0 Å². The van der Waals surface area contributed by atoms with Crippen molar-refractivity contribution in [3.05, 3.63) is 106 Å². The van der Waals surface area contributed by atoms with Gasteiger partial charge in [0.05, 0.1) is 5.69 Å². The van der Waals surface area contributed by atoms with Crippen molar-refractivity contribution in [2.45, 2.75) is 40.0 Å². The molecule has 0 saturated carbocycles. The number of aromatic hydroxyl groups is 1. The zero-order valence-corrected chi connectivity index (χ0v) is 19.9. The van der Waals surface area contributed by atoms with E-state index >= 15 is 0 Å². The Labute approximate surface area is 196 Å². The number of rotatable bonds is 3. The van der Waals surface area contributed by atoms with Crippen molar-refractivity contribution < 1.29 is 5.11 Å². The zero-order valence-electron chi connectivity index (χ0n) is 19.9. The second-order valence-corrected chi connectivity index (χ2v) is 9.71. The average molecular weight is 432 g/mol. The second kappa shape index (κ2) is 7.74. The van der Waals surface area contributed by atoms with Gasteiger partial charge in [-0.2, -0.15) is 0 Å². The Kier molecular flexibility index (Phi) is 4.97. The van der Waals surface area contributed by atoms with Gasteiger partial charge in [0.25, 0.3) is 0 Å². The molecule has 0 radical (unpaired) electrons. The van der Waals surface area contributed by atoms with Gasteiger partial charge in [-0.05, 0) is 83.5 Å². The number of aliphatic imine (C=N–C) groups is 1. The molecule has 1 aliphatic rings.